The van der Waals surface area contributed by atoms with Gasteiger partial charge in [-0.1, -0.05) is 12.2 Å². The van der Waals surface area contributed by atoms with Crippen molar-refractivity contribution in [2.45, 2.75) is 31.7 Å². The van der Waals surface area contributed by atoms with Gasteiger partial charge in [-0.15, -0.1) is 13.2 Å². The highest BCUT2D eigenvalue weighted by atomic mass is 16.1. The lowest BCUT2D eigenvalue weighted by Crippen LogP contribution is -2.39. The molecule has 1 unspecified atom stereocenters. The number of hydrogen-bond acceptors (Lipinski definition) is 2. The summed E-state index contributed by atoms with van der Waals surface area (Å²) in [6, 6.07) is 0.409. The molecule has 0 aliphatic heterocycles. The summed E-state index contributed by atoms with van der Waals surface area (Å²) in [6.45, 7) is 9.17. The third-order valence-corrected chi connectivity index (χ3v) is 2.70. The number of nitrogens with zero attached hydrogens (tertiary/aromatic N) is 1. The van der Waals surface area contributed by atoms with Crippen LogP contribution in [-0.4, -0.2) is 29.8 Å². The molecule has 0 aromatic heterocycles. The molecule has 1 atom stereocenters. The first-order chi connectivity index (χ1) is 6.77. The molecule has 0 N–H and O–H groups in total. The van der Waals surface area contributed by atoms with Crippen LogP contribution in [0.3, 0.4) is 0 Å². The summed E-state index contributed by atoms with van der Waals surface area (Å²) in [5.41, 5.74) is 0. The molecule has 1 aliphatic rings. The monoisotopic (exact) mass is 193 g/mol. The minimum atomic E-state index is 0.402. The minimum absolute atomic E-state index is 0.402. The molecular formula is C12H19NO. The maximum Gasteiger partial charge on any atom is 0.134 e. The molecule has 0 heterocycles. The van der Waals surface area contributed by atoms with Crippen molar-refractivity contribution < 1.29 is 4.79 Å². The van der Waals surface area contributed by atoms with Crippen molar-refractivity contribution in [2.24, 2.45) is 0 Å². The highest BCUT2D eigenvalue weighted by molar-refractivity contribution is 5.79. The van der Waals surface area contributed by atoms with Crippen LogP contribution in [0.1, 0.15) is 25.7 Å². The number of carbonyl (C=O) groups excluding carboxylic acids is 1. The zero-order valence-corrected chi connectivity index (χ0v) is 8.74. The first-order valence-corrected chi connectivity index (χ1v) is 5.25. The van der Waals surface area contributed by atoms with Crippen molar-refractivity contribution in [1.82, 2.24) is 4.90 Å². The van der Waals surface area contributed by atoms with Gasteiger partial charge in [-0.3, -0.25) is 9.69 Å². The summed E-state index contributed by atoms with van der Waals surface area (Å²) in [6.07, 6.45) is 7.43. The van der Waals surface area contributed by atoms with E-state index in [0.717, 1.165) is 32.4 Å². The molecule has 2 heteroatoms. The molecule has 1 fully saturated rings. The molecule has 78 valence electrons. The van der Waals surface area contributed by atoms with Crippen LogP contribution in [-0.2, 0) is 4.79 Å². The van der Waals surface area contributed by atoms with Crippen LogP contribution in [0.25, 0.3) is 0 Å². The van der Waals surface area contributed by atoms with Crippen molar-refractivity contribution in [3.63, 3.8) is 0 Å². The summed E-state index contributed by atoms with van der Waals surface area (Å²) in [5, 5.41) is 0. The van der Waals surface area contributed by atoms with Crippen LogP contribution in [0.4, 0.5) is 0 Å². The van der Waals surface area contributed by atoms with Crippen molar-refractivity contribution in [3.05, 3.63) is 25.3 Å². The second-order valence-electron chi connectivity index (χ2n) is 3.82. The van der Waals surface area contributed by atoms with Crippen molar-refractivity contribution >= 4 is 5.78 Å². The van der Waals surface area contributed by atoms with E-state index in [9.17, 15) is 4.79 Å². The summed E-state index contributed by atoms with van der Waals surface area (Å²) >= 11 is 0. The number of hydrogen-bond donors (Lipinski definition) is 0. The minimum Gasteiger partial charge on any atom is -0.300 e. The van der Waals surface area contributed by atoms with E-state index in [1.165, 1.54) is 0 Å². The third-order valence-electron chi connectivity index (χ3n) is 2.70. The second kappa shape index (κ2) is 5.76. The fourth-order valence-electron chi connectivity index (χ4n) is 2.02. The van der Waals surface area contributed by atoms with Gasteiger partial charge in [0.05, 0.1) is 0 Å². The van der Waals surface area contributed by atoms with Crippen LogP contribution >= 0.6 is 0 Å². The van der Waals surface area contributed by atoms with Gasteiger partial charge < -0.3 is 0 Å². The quantitative estimate of drug-likeness (QED) is 0.624. The SMILES string of the molecule is C=CCN(CC=C)C1CCCC(=O)C1. The van der Waals surface area contributed by atoms with Gasteiger partial charge in [-0.05, 0) is 12.8 Å². The molecule has 0 bridgehead atoms. The van der Waals surface area contributed by atoms with Gasteiger partial charge in [0.15, 0.2) is 0 Å². The zero-order chi connectivity index (χ0) is 10.4. The van der Waals surface area contributed by atoms with Gasteiger partial charge in [-0.25, -0.2) is 0 Å². The first-order valence-electron chi connectivity index (χ1n) is 5.25. The number of carbonyl (C=O) groups is 1. The number of ketones is 1. The van der Waals surface area contributed by atoms with Crippen LogP contribution in [0.5, 0.6) is 0 Å². The average Bonchev–Trinajstić information content (AvgIpc) is 2.17. The number of rotatable bonds is 5. The van der Waals surface area contributed by atoms with E-state index in [1.807, 2.05) is 12.2 Å². The average molecular weight is 193 g/mol. The molecule has 0 amide bonds. The standard InChI is InChI=1S/C12H19NO/c1-3-8-13(9-4-2)11-6-5-7-12(14)10-11/h3-4,11H,1-2,5-10H2. The van der Waals surface area contributed by atoms with E-state index >= 15 is 0 Å². The Morgan fingerprint density at radius 2 is 2.00 bits per heavy atom. The lowest BCUT2D eigenvalue weighted by molar-refractivity contribution is -0.121. The Bertz CT molecular complexity index is 212. The molecule has 0 spiro atoms. The van der Waals surface area contributed by atoms with Gasteiger partial charge in [-0.2, -0.15) is 0 Å². The van der Waals surface area contributed by atoms with Gasteiger partial charge in [0.2, 0.25) is 0 Å². The van der Waals surface area contributed by atoms with E-state index in [-0.39, 0.29) is 0 Å². The van der Waals surface area contributed by atoms with Crippen LogP contribution in [0.2, 0.25) is 0 Å². The Hall–Kier alpha value is -0.890. The topological polar surface area (TPSA) is 20.3 Å². The van der Waals surface area contributed by atoms with Gasteiger partial charge in [0.25, 0.3) is 0 Å². The van der Waals surface area contributed by atoms with Crippen LogP contribution in [0, 0.1) is 0 Å². The first kappa shape index (κ1) is 11.2. The Morgan fingerprint density at radius 3 is 2.50 bits per heavy atom. The zero-order valence-electron chi connectivity index (χ0n) is 8.74. The van der Waals surface area contributed by atoms with E-state index in [2.05, 4.69) is 18.1 Å². The van der Waals surface area contributed by atoms with Crippen molar-refractivity contribution in [2.75, 3.05) is 13.1 Å². The summed E-state index contributed by atoms with van der Waals surface area (Å²) in [5.74, 6) is 0.402. The van der Waals surface area contributed by atoms with E-state index in [4.69, 9.17) is 0 Å². The molecule has 1 saturated carbocycles. The Balaban J connectivity index is 2.51. The Morgan fingerprint density at radius 1 is 1.36 bits per heavy atom. The molecular weight excluding hydrogens is 174 g/mol. The van der Waals surface area contributed by atoms with Crippen molar-refractivity contribution in [1.29, 1.82) is 0 Å². The van der Waals surface area contributed by atoms with Gasteiger partial charge in [0.1, 0.15) is 5.78 Å². The predicted molar refractivity (Wildman–Crippen MR) is 59.2 cm³/mol. The fourth-order valence-corrected chi connectivity index (χ4v) is 2.02. The van der Waals surface area contributed by atoms with E-state index in [1.54, 1.807) is 0 Å². The van der Waals surface area contributed by atoms with Crippen LogP contribution < -0.4 is 0 Å². The lowest BCUT2D eigenvalue weighted by Gasteiger charge is -2.32. The molecule has 0 saturated heterocycles. The molecule has 1 rings (SSSR count). The van der Waals surface area contributed by atoms with Crippen molar-refractivity contribution in [3.8, 4) is 0 Å². The Labute approximate surface area is 86.3 Å². The van der Waals surface area contributed by atoms with E-state index in [0.29, 0.717) is 18.2 Å². The van der Waals surface area contributed by atoms with E-state index < -0.39 is 0 Å². The summed E-state index contributed by atoms with van der Waals surface area (Å²) < 4.78 is 0. The Kier molecular flexibility index (Phi) is 4.60. The summed E-state index contributed by atoms with van der Waals surface area (Å²) in [4.78, 5) is 13.6. The predicted octanol–water partition coefficient (Wildman–Crippen LogP) is 2.17. The molecule has 1 aliphatic carbocycles. The summed E-state index contributed by atoms with van der Waals surface area (Å²) in [7, 11) is 0. The second-order valence-corrected chi connectivity index (χ2v) is 3.82. The van der Waals surface area contributed by atoms with Crippen LogP contribution in [0.15, 0.2) is 25.3 Å². The highest BCUT2D eigenvalue weighted by Gasteiger charge is 2.23. The van der Waals surface area contributed by atoms with Gasteiger partial charge >= 0.3 is 0 Å². The molecule has 14 heavy (non-hydrogen) atoms. The molecule has 0 radical (unpaired) electrons. The molecule has 0 aromatic carbocycles. The third kappa shape index (κ3) is 3.11. The highest BCUT2D eigenvalue weighted by Crippen LogP contribution is 2.20. The largest absolute Gasteiger partial charge is 0.300 e. The maximum atomic E-state index is 11.3. The normalized spacial score (nSPS) is 22.4. The lowest BCUT2D eigenvalue weighted by atomic mass is 9.93. The fraction of sp³-hybridized carbons (Fsp3) is 0.583. The number of Topliss-reactive ketones (excluding diaryl/α,β-unsaturated/α-hetero) is 1. The molecule has 0 aromatic rings. The molecule has 2 nitrogen and oxygen atoms in total. The maximum absolute atomic E-state index is 11.3. The smallest absolute Gasteiger partial charge is 0.134 e. The van der Waals surface area contributed by atoms with Gasteiger partial charge in [0, 0.05) is 32.0 Å².